The first kappa shape index (κ1) is 12.9. The van der Waals surface area contributed by atoms with Crippen LogP contribution in [0.1, 0.15) is 30.9 Å². The zero-order valence-electron chi connectivity index (χ0n) is 11.5. The van der Waals surface area contributed by atoms with Gasteiger partial charge in [-0.15, -0.1) is 0 Å². The number of aliphatic hydroxyl groups is 1. The van der Waals surface area contributed by atoms with Crippen LogP contribution in [0.5, 0.6) is 5.75 Å². The molecule has 1 aromatic carbocycles. The van der Waals surface area contributed by atoms with Gasteiger partial charge in [0.05, 0.1) is 0 Å². The molecule has 4 heteroatoms. The predicted octanol–water partition coefficient (Wildman–Crippen LogP) is 2.04. The number of benzene rings is 1. The van der Waals surface area contributed by atoms with Gasteiger partial charge >= 0.3 is 0 Å². The standard InChI is InChI=1S/C16H17NO3/c1-16(2)14(18)13(11-7-5-9-17-15(11)19)10-6-3-4-8-12(10)20-16/h3-9,13-14,18H,1-2H3,(H,17,19). The summed E-state index contributed by atoms with van der Waals surface area (Å²) < 4.78 is 5.86. The number of aliphatic hydroxyl groups excluding tert-OH is 1. The van der Waals surface area contributed by atoms with Crippen molar-refractivity contribution in [3.05, 3.63) is 64.1 Å². The molecular weight excluding hydrogens is 254 g/mol. The van der Waals surface area contributed by atoms with Crippen LogP contribution in [0.2, 0.25) is 0 Å². The van der Waals surface area contributed by atoms with E-state index in [9.17, 15) is 9.90 Å². The van der Waals surface area contributed by atoms with E-state index in [-0.39, 0.29) is 11.5 Å². The summed E-state index contributed by atoms with van der Waals surface area (Å²) in [5.41, 5.74) is 0.477. The number of ether oxygens (including phenoxy) is 1. The highest BCUT2D eigenvalue weighted by Gasteiger charge is 2.44. The minimum absolute atomic E-state index is 0.177. The highest BCUT2D eigenvalue weighted by molar-refractivity contribution is 5.45. The molecule has 20 heavy (non-hydrogen) atoms. The normalized spacial score (nSPS) is 23.8. The molecule has 0 bridgehead atoms. The molecule has 3 rings (SSSR count). The van der Waals surface area contributed by atoms with Crippen molar-refractivity contribution in [1.82, 2.24) is 4.98 Å². The molecule has 2 aromatic rings. The lowest BCUT2D eigenvalue weighted by Gasteiger charge is -2.42. The highest BCUT2D eigenvalue weighted by Crippen LogP contribution is 2.43. The first-order chi connectivity index (χ1) is 9.50. The Bertz CT molecular complexity index is 690. The van der Waals surface area contributed by atoms with E-state index >= 15 is 0 Å². The molecule has 0 saturated heterocycles. The molecule has 2 unspecified atom stereocenters. The molecule has 0 saturated carbocycles. The lowest BCUT2D eigenvalue weighted by atomic mass is 9.78. The van der Waals surface area contributed by atoms with Crippen molar-refractivity contribution < 1.29 is 9.84 Å². The largest absolute Gasteiger partial charge is 0.485 e. The molecule has 0 fully saturated rings. The first-order valence-electron chi connectivity index (χ1n) is 6.64. The second-order valence-electron chi connectivity index (χ2n) is 5.62. The maximum Gasteiger partial charge on any atom is 0.251 e. The molecular formula is C16H17NO3. The fourth-order valence-corrected chi connectivity index (χ4v) is 2.76. The molecule has 0 aliphatic carbocycles. The van der Waals surface area contributed by atoms with Crippen LogP contribution in [-0.4, -0.2) is 21.8 Å². The number of pyridine rings is 1. The molecule has 2 atom stereocenters. The monoisotopic (exact) mass is 271 g/mol. The van der Waals surface area contributed by atoms with Crippen LogP contribution < -0.4 is 10.3 Å². The summed E-state index contributed by atoms with van der Waals surface area (Å²) >= 11 is 0. The average molecular weight is 271 g/mol. The van der Waals surface area contributed by atoms with Crippen LogP contribution in [0.4, 0.5) is 0 Å². The summed E-state index contributed by atoms with van der Waals surface area (Å²) in [4.78, 5) is 14.7. The maximum atomic E-state index is 12.1. The Balaban J connectivity index is 2.23. The zero-order valence-corrected chi connectivity index (χ0v) is 11.5. The second kappa shape index (κ2) is 4.49. The summed E-state index contributed by atoms with van der Waals surface area (Å²) in [5, 5.41) is 10.6. The number of aromatic nitrogens is 1. The molecule has 104 valence electrons. The molecule has 4 nitrogen and oxygen atoms in total. The third-order valence-corrected chi connectivity index (χ3v) is 3.84. The number of aromatic amines is 1. The van der Waals surface area contributed by atoms with Crippen molar-refractivity contribution in [3.63, 3.8) is 0 Å². The molecule has 2 N–H and O–H groups in total. The Morgan fingerprint density at radius 3 is 2.60 bits per heavy atom. The molecule has 2 heterocycles. The van der Waals surface area contributed by atoms with Crippen LogP contribution in [0.25, 0.3) is 0 Å². The maximum absolute atomic E-state index is 12.1. The smallest absolute Gasteiger partial charge is 0.251 e. The zero-order chi connectivity index (χ0) is 14.3. The van der Waals surface area contributed by atoms with Gasteiger partial charge in [0.25, 0.3) is 5.56 Å². The Morgan fingerprint density at radius 1 is 1.15 bits per heavy atom. The second-order valence-corrected chi connectivity index (χ2v) is 5.62. The van der Waals surface area contributed by atoms with Crippen molar-refractivity contribution in [2.45, 2.75) is 31.5 Å². The van der Waals surface area contributed by atoms with Crippen molar-refractivity contribution in [2.24, 2.45) is 0 Å². The van der Waals surface area contributed by atoms with Crippen LogP contribution in [0, 0.1) is 0 Å². The van der Waals surface area contributed by atoms with Crippen LogP contribution in [0.3, 0.4) is 0 Å². The van der Waals surface area contributed by atoms with Gasteiger partial charge in [-0.25, -0.2) is 0 Å². The average Bonchev–Trinajstić information content (AvgIpc) is 2.41. The van der Waals surface area contributed by atoms with Gasteiger partial charge in [0.1, 0.15) is 17.5 Å². The lowest BCUT2D eigenvalue weighted by molar-refractivity contribution is -0.0513. The van der Waals surface area contributed by atoms with E-state index in [1.54, 1.807) is 18.3 Å². The number of H-pyrrole nitrogens is 1. The third-order valence-electron chi connectivity index (χ3n) is 3.84. The van der Waals surface area contributed by atoms with Crippen LogP contribution >= 0.6 is 0 Å². The van der Waals surface area contributed by atoms with Gasteiger partial charge in [-0.3, -0.25) is 4.79 Å². The molecule has 1 aromatic heterocycles. The van der Waals surface area contributed by atoms with E-state index in [4.69, 9.17) is 4.74 Å². The topological polar surface area (TPSA) is 62.3 Å². The lowest BCUT2D eigenvalue weighted by Crippen LogP contribution is -2.49. The van der Waals surface area contributed by atoms with Crippen molar-refractivity contribution in [1.29, 1.82) is 0 Å². The molecule has 0 amide bonds. The van der Waals surface area contributed by atoms with Crippen LogP contribution in [0.15, 0.2) is 47.4 Å². The number of fused-ring (bicyclic) bond motifs is 1. The number of para-hydroxylation sites is 1. The predicted molar refractivity (Wildman–Crippen MR) is 76.1 cm³/mol. The van der Waals surface area contributed by atoms with E-state index < -0.39 is 11.7 Å². The van der Waals surface area contributed by atoms with E-state index in [0.717, 1.165) is 11.3 Å². The molecule has 1 aliphatic heterocycles. The van der Waals surface area contributed by atoms with Gasteiger partial charge in [-0.2, -0.15) is 0 Å². The van der Waals surface area contributed by atoms with Crippen molar-refractivity contribution in [3.8, 4) is 5.75 Å². The number of rotatable bonds is 1. The number of hydrogen-bond donors (Lipinski definition) is 2. The first-order valence-corrected chi connectivity index (χ1v) is 6.64. The quantitative estimate of drug-likeness (QED) is 0.834. The van der Waals surface area contributed by atoms with Gasteiger partial charge in [0.2, 0.25) is 0 Å². The van der Waals surface area contributed by atoms with Crippen molar-refractivity contribution >= 4 is 0 Å². The summed E-state index contributed by atoms with van der Waals surface area (Å²) in [5.74, 6) is 0.330. The van der Waals surface area contributed by atoms with Gasteiger partial charge in [0.15, 0.2) is 0 Å². The summed E-state index contributed by atoms with van der Waals surface area (Å²) in [6, 6.07) is 11.1. The van der Waals surface area contributed by atoms with E-state index in [2.05, 4.69) is 4.98 Å². The Hall–Kier alpha value is -2.07. The fourth-order valence-electron chi connectivity index (χ4n) is 2.76. The third kappa shape index (κ3) is 1.93. The Morgan fingerprint density at radius 2 is 1.85 bits per heavy atom. The van der Waals surface area contributed by atoms with Gasteiger partial charge in [0, 0.05) is 23.2 Å². The van der Waals surface area contributed by atoms with Crippen LogP contribution in [-0.2, 0) is 0 Å². The summed E-state index contributed by atoms with van der Waals surface area (Å²) in [6.45, 7) is 3.66. The van der Waals surface area contributed by atoms with E-state index in [1.807, 2.05) is 38.1 Å². The minimum atomic E-state index is -0.791. The molecule has 1 aliphatic rings. The Labute approximate surface area is 117 Å². The van der Waals surface area contributed by atoms with Crippen molar-refractivity contribution in [2.75, 3.05) is 0 Å². The minimum Gasteiger partial charge on any atom is -0.485 e. The van der Waals surface area contributed by atoms with Gasteiger partial charge in [-0.1, -0.05) is 24.3 Å². The highest BCUT2D eigenvalue weighted by atomic mass is 16.5. The Kier molecular flexibility index (Phi) is 2.91. The molecule has 0 spiro atoms. The SMILES string of the molecule is CC1(C)Oc2ccccc2C(c2ccc[nH]c2=O)C1O. The summed E-state index contributed by atoms with van der Waals surface area (Å²) in [6.07, 6.45) is 0.801. The van der Waals surface area contributed by atoms with Gasteiger partial charge < -0.3 is 14.8 Å². The molecule has 0 radical (unpaired) electrons. The summed E-state index contributed by atoms with van der Waals surface area (Å²) in [7, 11) is 0. The van der Waals surface area contributed by atoms with E-state index in [1.165, 1.54) is 0 Å². The number of hydrogen-bond acceptors (Lipinski definition) is 3. The number of nitrogens with one attached hydrogen (secondary N) is 1. The van der Waals surface area contributed by atoms with E-state index in [0.29, 0.717) is 5.56 Å². The van der Waals surface area contributed by atoms with Gasteiger partial charge in [-0.05, 0) is 26.0 Å². The fraction of sp³-hybridized carbons (Fsp3) is 0.312.